The van der Waals surface area contributed by atoms with Crippen LogP contribution in [-0.4, -0.2) is 20.3 Å². The predicted octanol–water partition coefficient (Wildman–Crippen LogP) is 4.65. The fraction of sp³-hybridized carbons (Fsp3) is 0.294. The molecule has 0 bridgehead atoms. The quantitative estimate of drug-likeness (QED) is 0.738. The number of hydrogen-bond acceptors (Lipinski definition) is 3. The van der Waals surface area contributed by atoms with E-state index < -0.39 is 0 Å². The Hall–Kier alpha value is -1.52. The molecule has 4 heteroatoms. The zero-order valence-corrected chi connectivity index (χ0v) is 13.9. The molecule has 0 saturated heterocycles. The molecule has 0 fully saturated rings. The molecule has 0 saturated carbocycles. The van der Waals surface area contributed by atoms with Crippen LogP contribution in [0.3, 0.4) is 0 Å². The summed E-state index contributed by atoms with van der Waals surface area (Å²) < 4.78 is 11.6. The van der Waals surface area contributed by atoms with Gasteiger partial charge in [-0.25, -0.2) is 0 Å². The van der Waals surface area contributed by atoms with Gasteiger partial charge in [0, 0.05) is 23.3 Å². The van der Waals surface area contributed by atoms with Gasteiger partial charge in [0.05, 0.1) is 6.61 Å². The Morgan fingerprint density at radius 1 is 1.00 bits per heavy atom. The van der Waals surface area contributed by atoms with Crippen LogP contribution in [0.15, 0.2) is 53.0 Å². The summed E-state index contributed by atoms with van der Waals surface area (Å²) in [6, 6.07) is 16.6. The number of ether oxygens (including phenoxy) is 2. The van der Waals surface area contributed by atoms with Crippen molar-refractivity contribution in [2.45, 2.75) is 13.0 Å². The van der Waals surface area contributed by atoms with Crippen LogP contribution in [-0.2, 0) is 4.74 Å². The van der Waals surface area contributed by atoms with E-state index in [-0.39, 0.29) is 6.04 Å². The molecule has 0 heterocycles. The minimum Gasteiger partial charge on any atom is -0.491 e. The van der Waals surface area contributed by atoms with Crippen LogP contribution >= 0.6 is 15.9 Å². The molecule has 2 aromatic rings. The number of halogens is 1. The highest BCUT2D eigenvalue weighted by Crippen LogP contribution is 2.22. The van der Waals surface area contributed by atoms with Crippen LogP contribution in [0.1, 0.15) is 18.5 Å². The van der Waals surface area contributed by atoms with E-state index >= 15 is 0 Å². The number of benzene rings is 2. The van der Waals surface area contributed by atoms with Crippen molar-refractivity contribution in [2.24, 2.45) is 0 Å². The zero-order valence-electron chi connectivity index (χ0n) is 12.3. The lowest BCUT2D eigenvalue weighted by atomic mass is 10.1. The van der Waals surface area contributed by atoms with Gasteiger partial charge in [-0.15, -0.1) is 0 Å². The van der Waals surface area contributed by atoms with Gasteiger partial charge in [-0.3, -0.25) is 0 Å². The largest absolute Gasteiger partial charge is 0.491 e. The highest BCUT2D eigenvalue weighted by Gasteiger charge is 2.05. The van der Waals surface area contributed by atoms with E-state index in [9.17, 15) is 0 Å². The highest BCUT2D eigenvalue weighted by molar-refractivity contribution is 9.10. The zero-order chi connectivity index (χ0) is 15.1. The third-order valence-electron chi connectivity index (χ3n) is 3.16. The van der Waals surface area contributed by atoms with Crippen molar-refractivity contribution < 1.29 is 9.47 Å². The Morgan fingerprint density at radius 2 is 1.67 bits per heavy atom. The molecule has 0 amide bonds. The number of hydrogen-bond donors (Lipinski definition) is 1. The maximum Gasteiger partial charge on any atom is 0.119 e. The SMILES string of the molecule is COCCOc1ccc(NC(C)c2ccc(Br)cc2)cc1. The molecule has 2 rings (SSSR count). The molecule has 1 atom stereocenters. The van der Waals surface area contributed by atoms with Crippen molar-refractivity contribution >= 4 is 21.6 Å². The Bertz CT molecular complexity index is 540. The molecule has 1 N–H and O–H groups in total. The molecular formula is C17H20BrNO2. The molecule has 0 spiro atoms. The summed E-state index contributed by atoms with van der Waals surface area (Å²) >= 11 is 3.45. The molecule has 112 valence electrons. The fourth-order valence-corrected chi connectivity index (χ4v) is 2.24. The molecule has 0 aliphatic rings. The lowest BCUT2D eigenvalue weighted by Gasteiger charge is -2.16. The minimum absolute atomic E-state index is 0.248. The van der Waals surface area contributed by atoms with E-state index in [1.807, 2.05) is 24.3 Å². The first kappa shape index (κ1) is 15.9. The smallest absolute Gasteiger partial charge is 0.119 e. The van der Waals surface area contributed by atoms with Gasteiger partial charge < -0.3 is 14.8 Å². The minimum atomic E-state index is 0.248. The van der Waals surface area contributed by atoms with E-state index in [4.69, 9.17) is 9.47 Å². The summed E-state index contributed by atoms with van der Waals surface area (Å²) in [5, 5.41) is 3.48. The van der Waals surface area contributed by atoms with Gasteiger partial charge >= 0.3 is 0 Å². The van der Waals surface area contributed by atoms with Gasteiger partial charge in [0.1, 0.15) is 12.4 Å². The summed E-state index contributed by atoms with van der Waals surface area (Å²) in [5.41, 5.74) is 2.32. The first-order valence-electron chi connectivity index (χ1n) is 6.93. The molecule has 21 heavy (non-hydrogen) atoms. The number of methoxy groups -OCH3 is 1. The van der Waals surface area contributed by atoms with Crippen molar-refractivity contribution in [3.8, 4) is 5.75 Å². The second-order valence-corrected chi connectivity index (χ2v) is 5.70. The van der Waals surface area contributed by atoms with E-state index in [1.54, 1.807) is 7.11 Å². The van der Waals surface area contributed by atoms with Crippen LogP contribution in [0.4, 0.5) is 5.69 Å². The molecule has 3 nitrogen and oxygen atoms in total. The summed E-state index contributed by atoms with van der Waals surface area (Å²) in [4.78, 5) is 0. The van der Waals surface area contributed by atoms with E-state index in [1.165, 1.54) is 5.56 Å². The van der Waals surface area contributed by atoms with Crippen LogP contribution in [0, 0.1) is 0 Å². The predicted molar refractivity (Wildman–Crippen MR) is 90.0 cm³/mol. The van der Waals surface area contributed by atoms with E-state index in [0.29, 0.717) is 13.2 Å². The molecule has 0 aromatic heterocycles. The molecule has 1 unspecified atom stereocenters. The topological polar surface area (TPSA) is 30.5 Å². The fourth-order valence-electron chi connectivity index (χ4n) is 1.98. The van der Waals surface area contributed by atoms with Gasteiger partial charge in [-0.1, -0.05) is 28.1 Å². The Morgan fingerprint density at radius 3 is 2.29 bits per heavy atom. The third-order valence-corrected chi connectivity index (χ3v) is 3.69. The standard InChI is InChI=1S/C17H20BrNO2/c1-13(14-3-5-15(18)6-4-14)19-16-7-9-17(10-8-16)21-12-11-20-2/h3-10,13,19H,11-12H2,1-2H3. The Kier molecular flexibility index (Phi) is 6.08. The Labute approximate surface area is 134 Å². The van der Waals surface area contributed by atoms with Gasteiger partial charge in [-0.05, 0) is 48.9 Å². The summed E-state index contributed by atoms with van der Waals surface area (Å²) in [6.45, 7) is 3.31. The number of anilines is 1. The second-order valence-electron chi connectivity index (χ2n) is 4.78. The second kappa shape index (κ2) is 8.05. The van der Waals surface area contributed by atoms with Crippen LogP contribution in [0.25, 0.3) is 0 Å². The first-order chi connectivity index (χ1) is 10.2. The molecule has 0 aliphatic heterocycles. The molecular weight excluding hydrogens is 330 g/mol. The van der Waals surface area contributed by atoms with Gasteiger partial charge in [0.2, 0.25) is 0 Å². The van der Waals surface area contributed by atoms with Crippen LogP contribution in [0.2, 0.25) is 0 Å². The van der Waals surface area contributed by atoms with Gasteiger partial charge in [0.25, 0.3) is 0 Å². The van der Waals surface area contributed by atoms with E-state index in [2.05, 4.69) is 52.4 Å². The van der Waals surface area contributed by atoms with Crippen LogP contribution in [0.5, 0.6) is 5.75 Å². The maximum atomic E-state index is 5.55. The monoisotopic (exact) mass is 349 g/mol. The average molecular weight is 350 g/mol. The van der Waals surface area contributed by atoms with E-state index in [0.717, 1.165) is 15.9 Å². The average Bonchev–Trinajstić information content (AvgIpc) is 2.50. The van der Waals surface area contributed by atoms with Gasteiger partial charge in [0.15, 0.2) is 0 Å². The summed E-state index contributed by atoms with van der Waals surface area (Å²) in [6.07, 6.45) is 0. The van der Waals surface area contributed by atoms with Gasteiger partial charge in [-0.2, -0.15) is 0 Å². The Balaban J connectivity index is 1.91. The number of nitrogens with one attached hydrogen (secondary N) is 1. The van der Waals surface area contributed by atoms with Crippen molar-refractivity contribution in [1.82, 2.24) is 0 Å². The summed E-state index contributed by atoms with van der Waals surface area (Å²) in [5.74, 6) is 0.855. The van der Waals surface area contributed by atoms with Crippen molar-refractivity contribution in [3.05, 3.63) is 58.6 Å². The van der Waals surface area contributed by atoms with Crippen LogP contribution < -0.4 is 10.1 Å². The van der Waals surface area contributed by atoms with Crippen molar-refractivity contribution in [3.63, 3.8) is 0 Å². The first-order valence-corrected chi connectivity index (χ1v) is 7.72. The maximum absolute atomic E-state index is 5.55. The summed E-state index contributed by atoms with van der Waals surface area (Å²) in [7, 11) is 1.67. The normalized spacial score (nSPS) is 12.0. The molecule has 0 radical (unpaired) electrons. The third kappa shape index (κ3) is 5.06. The molecule has 2 aromatic carbocycles. The molecule has 0 aliphatic carbocycles. The number of rotatable bonds is 7. The highest BCUT2D eigenvalue weighted by atomic mass is 79.9. The lowest BCUT2D eigenvalue weighted by Crippen LogP contribution is -2.07. The van der Waals surface area contributed by atoms with Crippen molar-refractivity contribution in [2.75, 3.05) is 25.6 Å². The van der Waals surface area contributed by atoms with Crippen molar-refractivity contribution in [1.29, 1.82) is 0 Å². The lowest BCUT2D eigenvalue weighted by molar-refractivity contribution is 0.146.